The van der Waals surface area contributed by atoms with Gasteiger partial charge in [-0.1, -0.05) is 12.1 Å². The summed E-state index contributed by atoms with van der Waals surface area (Å²) in [5.74, 6) is 1.96. The highest BCUT2D eigenvalue weighted by atomic mass is 32.2. The lowest BCUT2D eigenvalue weighted by Crippen LogP contribution is -2.34. The van der Waals surface area contributed by atoms with Gasteiger partial charge in [0.25, 0.3) is 5.91 Å². The second-order valence-corrected chi connectivity index (χ2v) is 7.59. The summed E-state index contributed by atoms with van der Waals surface area (Å²) in [5, 5.41) is 12.7. The van der Waals surface area contributed by atoms with Crippen LogP contribution in [0.4, 0.5) is 0 Å². The quantitative estimate of drug-likeness (QED) is 0.891. The number of aromatic carboxylic acids is 1. The molecule has 1 amide bonds. The number of carboxylic acid groups (broad SMARTS) is 1. The topological polar surface area (TPSA) is 66.4 Å². The minimum atomic E-state index is -1.05. The van der Waals surface area contributed by atoms with Crippen molar-refractivity contribution in [2.24, 2.45) is 0 Å². The third-order valence-corrected chi connectivity index (χ3v) is 6.28. The van der Waals surface area contributed by atoms with E-state index in [1.807, 2.05) is 23.5 Å². The zero-order valence-corrected chi connectivity index (χ0v) is 13.8. The highest BCUT2D eigenvalue weighted by Gasteiger charge is 2.22. The normalized spacial score (nSPS) is 18.3. The molecule has 0 aliphatic carbocycles. The number of carbonyl (C=O) groups excluding carboxylic acids is 1. The van der Waals surface area contributed by atoms with Gasteiger partial charge >= 0.3 is 5.97 Å². The van der Waals surface area contributed by atoms with Crippen LogP contribution in [0.1, 0.15) is 31.8 Å². The molecule has 2 rings (SSSR count). The molecule has 21 heavy (non-hydrogen) atoms. The van der Waals surface area contributed by atoms with E-state index in [2.05, 4.69) is 5.32 Å². The number of rotatable bonds is 4. The maximum Gasteiger partial charge on any atom is 0.336 e. The number of nitrogens with one attached hydrogen (secondary N) is 1. The van der Waals surface area contributed by atoms with Gasteiger partial charge in [-0.2, -0.15) is 23.5 Å². The van der Waals surface area contributed by atoms with Gasteiger partial charge in [0.15, 0.2) is 0 Å². The Morgan fingerprint density at radius 3 is 2.48 bits per heavy atom. The smallest absolute Gasteiger partial charge is 0.336 e. The van der Waals surface area contributed by atoms with Crippen LogP contribution < -0.4 is 5.32 Å². The summed E-state index contributed by atoms with van der Waals surface area (Å²) in [4.78, 5) is 23.8. The van der Waals surface area contributed by atoms with E-state index in [9.17, 15) is 14.7 Å². The summed E-state index contributed by atoms with van der Waals surface area (Å²) < 4.78 is 0. The van der Waals surface area contributed by atoms with Crippen LogP contribution in [-0.2, 0) is 0 Å². The highest BCUT2D eigenvalue weighted by Crippen LogP contribution is 2.24. The Bertz CT molecular complexity index is 554. The molecular formula is C15H19NO3S2. The standard InChI is InChI=1S/C15H19NO3S2/c1-9-3-4-10(2)13(15(18)19)12(9)14(17)16-7-11-8-20-5-6-21-11/h3-4,11H,5-8H2,1-2H3,(H,16,17)(H,18,19). The SMILES string of the molecule is Cc1ccc(C)c(C(=O)NCC2CSCCS2)c1C(=O)O. The van der Waals surface area contributed by atoms with Crippen LogP contribution in [0, 0.1) is 13.8 Å². The van der Waals surface area contributed by atoms with E-state index in [1.54, 1.807) is 26.0 Å². The molecule has 1 heterocycles. The Balaban J connectivity index is 2.14. The Morgan fingerprint density at radius 2 is 1.90 bits per heavy atom. The summed E-state index contributed by atoms with van der Waals surface area (Å²) in [6.45, 7) is 4.07. The summed E-state index contributed by atoms with van der Waals surface area (Å²) >= 11 is 3.76. The molecule has 0 bridgehead atoms. The largest absolute Gasteiger partial charge is 0.478 e. The first-order valence-corrected chi connectivity index (χ1v) is 9.02. The lowest BCUT2D eigenvalue weighted by molar-refractivity contribution is 0.0690. The Kier molecular flexibility index (Phi) is 5.58. The van der Waals surface area contributed by atoms with E-state index < -0.39 is 5.97 Å². The molecule has 114 valence electrons. The van der Waals surface area contributed by atoms with Crippen molar-refractivity contribution < 1.29 is 14.7 Å². The lowest BCUT2D eigenvalue weighted by atomic mass is 9.96. The monoisotopic (exact) mass is 325 g/mol. The van der Waals surface area contributed by atoms with Gasteiger partial charge in [0.1, 0.15) is 0 Å². The van der Waals surface area contributed by atoms with Gasteiger partial charge in [-0.3, -0.25) is 4.79 Å². The van der Waals surface area contributed by atoms with Crippen molar-refractivity contribution in [2.75, 3.05) is 23.8 Å². The molecule has 0 radical (unpaired) electrons. The van der Waals surface area contributed by atoms with Crippen LogP contribution in [0.5, 0.6) is 0 Å². The predicted molar refractivity (Wildman–Crippen MR) is 88.8 cm³/mol. The first kappa shape index (κ1) is 16.2. The molecule has 0 saturated carbocycles. The molecule has 0 spiro atoms. The average molecular weight is 325 g/mol. The van der Waals surface area contributed by atoms with Gasteiger partial charge in [-0.05, 0) is 25.0 Å². The van der Waals surface area contributed by atoms with Crippen molar-refractivity contribution in [3.05, 3.63) is 34.4 Å². The van der Waals surface area contributed by atoms with Gasteiger partial charge in [0.2, 0.25) is 0 Å². The van der Waals surface area contributed by atoms with Gasteiger partial charge in [-0.15, -0.1) is 0 Å². The van der Waals surface area contributed by atoms with Gasteiger partial charge < -0.3 is 10.4 Å². The van der Waals surface area contributed by atoms with Crippen LogP contribution in [0.15, 0.2) is 12.1 Å². The maximum atomic E-state index is 12.4. The number of aryl methyl sites for hydroxylation is 2. The fourth-order valence-corrected chi connectivity index (χ4v) is 4.94. The summed E-state index contributed by atoms with van der Waals surface area (Å²) in [7, 11) is 0. The molecule has 1 aromatic carbocycles. The van der Waals surface area contributed by atoms with Crippen molar-refractivity contribution in [3.8, 4) is 0 Å². The number of hydrogen-bond acceptors (Lipinski definition) is 4. The minimum absolute atomic E-state index is 0.109. The van der Waals surface area contributed by atoms with Crippen LogP contribution in [0.25, 0.3) is 0 Å². The van der Waals surface area contributed by atoms with Crippen molar-refractivity contribution in [3.63, 3.8) is 0 Å². The van der Waals surface area contributed by atoms with E-state index >= 15 is 0 Å². The molecule has 1 unspecified atom stereocenters. The number of carboxylic acids is 1. The van der Waals surface area contributed by atoms with E-state index in [0.29, 0.717) is 22.9 Å². The number of thioether (sulfide) groups is 2. The maximum absolute atomic E-state index is 12.4. The van der Waals surface area contributed by atoms with Crippen LogP contribution in [0.3, 0.4) is 0 Å². The summed E-state index contributed by atoms with van der Waals surface area (Å²) in [6.07, 6.45) is 0. The molecule has 1 aromatic rings. The number of hydrogen-bond donors (Lipinski definition) is 2. The van der Waals surface area contributed by atoms with Crippen LogP contribution in [-0.4, -0.2) is 46.0 Å². The van der Waals surface area contributed by atoms with Crippen molar-refractivity contribution >= 4 is 35.4 Å². The first-order valence-electron chi connectivity index (χ1n) is 6.81. The second-order valence-electron chi connectivity index (χ2n) is 5.03. The molecule has 0 aromatic heterocycles. The van der Waals surface area contributed by atoms with Crippen LogP contribution >= 0.6 is 23.5 Å². The van der Waals surface area contributed by atoms with Crippen molar-refractivity contribution in [2.45, 2.75) is 19.1 Å². The third-order valence-electron chi connectivity index (χ3n) is 3.44. The minimum Gasteiger partial charge on any atom is -0.478 e. The predicted octanol–water partition coefficient (Wildman–Crippen LogP) is 2.58. The summed E-state index contributed by atoms with van der Waals surface area (Å²) in [6, 6.07) is 3.53. The second kappa shape index (κ2) is 7.22. The number of amides is 1. The first-order chi connectivity index (χ1) is 10.0. The Morgan fingerprint density at radius 1 is 1.24 bits per heavy atom. The van der Waals surface area contributed by atoms with Crippen molar-refractivity contribution in [1.29, 1.82) is 0 Å². The molecule has 1 fully saturated rings. The Hall–Kier alpha value is -1.14. The van der Waals surface area contributed by atoms with E-state index in [1.165, 1.54) is 0 Å². The van der Waals surface area contributed by atoms with E-state index in [4.69, 9.17) is 0 Å². The number of carbonyl (C=O) groups is 2. The molecule has 2 N–H and O–H groups in total. The summed E-state index contributed by atoms with van der Waals surface area (Å²) in [5.41, 5.74) is 1.70. The van der Waals surface area contributed by atoms with Crippen LogP contribution in [0.2, 0.25) is 0 Å². The average Bonchev–Trinajstić information content (AvgIpc) is 2.47. The zero-order chi connectivity index (χ0) is 15.4. The van der Waals surface area contributed by atoms with Crippen molar-refractivity contribution in [1.82, 2.24) is 5.32 Å². The van der Waals surface area contributed by atoms with E-state index in [0.717, 1.165) is 17.3 Å². The third kappa shape index (κ3) is 3.95. The molecule has 6 heteroatoms. The fraction of sp³-hybridized carbons (Fsp3) is 0.467. The zero-order valence-electron chi connectivity index (χ0n) is 12.1. The Labute approximate surface area is 133 Å². The molecule has 4 nitrogen and oxygen atoms in total. The fourth-order valence-electron chi connectivity index (χ4n) is 2.33. The molecular weight excluding hydrogens is 306 g/mol. The van der Waals surface area contributed by atoms with Gasteiger partial charge in [0, 0.05) is 29.1 Å². The molecule has 1 aliphatic heterocycles. The van der Waals surface area contributed by atoms with Gasteiger partial charge in [0.05, 0.1) is 11.1 Å². The van der Waals surface area contributed by atoms with Gasteiger partial charge in [-0.25, -0.2) is 4.79 Å². The number of benzene rings is 1. The molecule has 1 aliphatic rings. The lowest BCUT2D eigenvalue weighted by Gasteiger charge is -2.21. The molecule has 1 atom stereocenters. The molecule has 1 saturated heterocycles. The highest BCUT2D eigenvalue weighted by molar-refractivity contribution is 8.06. The van der Waals surface area contributed by atoms with E-state index in [-0.39, 0.29) is 17.0 Å².